The highest BCUT2D eigenvalue weighted by Gasteiger charge is 2.03. The van der Waals surface area contributed by atoms with Crippen molar-refractivity contribution in [1.82, 2.24) is 0 Å². The predicted octanol–water partition coefficient (Wildman–Crippen LogP) is 2.27. The topological polar surface area (TPSA) is 37.3 Å². The average Bonchev–Trinajstić information content (AvgIpc) is 2.18. The highest BCUT2D eigenvalue weighted by molar-refractivity contribution is 5.88. The van der Waals surface area contributed by atoms with Crippen molar-refractivity contribution < 1.29 is 9.90 Å². The van der Waals surface area contributed by atoms with E-state index in [2.05, 4.69) is 6.07 Å². The van der Waals surface area contributed by atoms with Crippen LogP contribution in [0.25, 0.3) is 10.8 Å². The van der Waals surface area contributed by atoms with Gasteiger partial charge in [-0.25, -0.2) is 0 Å². The third-order valence-electron chi connectivity index (χ3n) is 2.14. The van der Waals surface area contributed by atoms with Crippen LogP contribution < -0.4 is 0 Å². The Kier molecular flexibility index (Phi) is 2.19. The summed E-state index contributed by atoms with van der Waals surface area (Å²) in [6.07, 6.45) is 0.0647. The van der Waals surface area contributed by atoms with E-state index in [1.165, 1.54) is 0 Å². The fraction of sp³-hybridized carbons (Fsp3) is 0.0833. The van der Waals surface area contributed by atoms with Crippen LogP contribution in [0.5, 0.6) is 0 Å². The zero-order chi connectivity index (χ0) is 9.97. The molecule has 1 N–H and O–H groups in total. The van der Waals surface area contributed by atoms with Gasteiger partial charge in [0.05, 0.1) is 6.42 Å². The van der Waals surface area contributed by atoms with E-state index >= 15 is 0 Å². The molecular formula is C12H9O2. The van der Waals surface area contributed by atoms with Crippen molar-refractivity contribution in [3.05, 3.63) is 48.0 Å². The van der Waals surface area contributed by atoms with Crippen LogP contribution in [0.15, 0.2) is 36.4 Å². The lowest BCUT2D eigenvalue weighted by Crippen LogP contribution is -2.00. The maximum absolute atomic E-state index is 10.6. The number of carboxylic acid groups (broad SMARTS) is 1. The fourth-order valence-corrected chi connectivity index (χ4v) is 1.54. The van der Waals surface area contributed by atoms with Gasteiger partial charge in [0, 0.05) is 0 Å². The molecule has 0 spiro atoms. The standard InChI is InChI=1S/C12H9O2/c13-12(14)8-10-6-3-5-9-4-1-2-7-11(9)10/h1-3,5-7H,8H2,(H,13,14). The van der Waals surface area contributed by atoms with E-state index in [0.29, 0.717) is 0 Å². The summed E-state index contributed by atoms with van der Waals surface area (Å²) in [6, 6.07) is 14.3. The summed E-state index contributed by atoms with van der Waals surface area (Å²) in [7, 11) is 0. The second kappa shape index (κ2) is 3.50. The molecule has 0 aliphatic rings. The zero-order valence-corrected chi connectivity index (χ0v) is 7.53. The lowest BCUT2D eigenvalue weighted by atomic mass is 10.0. The van der Waals surface area contributed by atoms with Crippen molar-refractivity contribution >= 4 is 16.7 Å². The Hall–Kier alpha value is -1.83. The van der Waals surface area contributed by atoms with Gasteiger partial charge in [-0.1, -0.05) is 36.4 Å². The van der Waals surface area contributed by atoms with Gasteiger partial charge in [-0.05, 0) is 22.4 Å². The molecule has 0 saturated carbocycles. The third-order valence-corrected chi connectivity index (χ3v) is 2.14. The molecule has 2 heteroatoms. The van der Waals surface area contributed by atoms with E-state index in [0.717, 1.165) is 16.3 Å². The summed E-state index contributed by atoms with van der Waals surface area (Å²) in [5, 5.41) is 10.7. The molecule has 0 amide bonds. The number of hydrogen-bond donors (Lipinski definition) is 1. The minimum Gasteiger partial charge on any atom is -0.481 e. The molecule has 2 aromatic rings. The molecule has 0 fully saturated rings. The highest BCUT2D eigenvalue weighted by atomic mass is 16.4. The smallest absolute Gasteiger partial charge is 0.307 e. The van der Waals surface area contributed by atoms with Gasteiger partial charge in [0.1, 0.15) is 0 Å². The lowest BCUT2D eigenvalue weighted by Gasteiger charge is -2.02. The first-order chi connectivity index (χ1) is 6.77. The first-order valence-corrected chi connectivity index (χ1v) is 4.37. The van der Waals surface area contributed by atoms with E-state index in [9.17, 15) is 4.79 Å². The Bertz CT molecular complexity index is 469. The molecule has 69 valence electrons. The summed E-state index contributed by atoms with van der Waals surface area (Å²) in [6.45, 7) is 0. The Morgan fingerprint density at radius 1 is 1.29 bits per heavy atom. The van der Waals surface area contributed by atoms with Crippen molar-refractivity contribution in [2.75, 3.05) is 0 Å². The number of hydrogen-bond acceptors (Lipinski definition) is 1. The van der Waals surface area contributed by atoms with E-state index in [1.807, 2.05) is 36.4 Å². The highest BCUT2D eigenvalue weighted by Crippen LogP contribution is 2.18. The van der Waals surface area contributed by atoms with Crippen LogP contribution in [0.4, 0.5) is 0 Å². The second-order valence-corrected chi connectivity index (χ2v) is 3.12. The van der Waals surface area contributed by atoms with Gasteiger partial charge in [-0.3, -0.25) is 4.79 Å². The van der Waals surface area contributed by atoms with Gasteiger partial charge in [0.25, 0.3) is 0 Å². The second-order valence-electron chi connectivity index (χ2n) is 3.12. The molecule has 0 aliphatic carbocycles. The minimum atomic E-state index is -0.804. The number of carboxylic acids is 1. The summed E-state index contributed by atoms with van der Waals surface area (Å²) in [5.74, 6) is -0.804. The van der Waals surface area contributed by atoms with Gasteiger partial charge in [-0.2, -0.15) is 0 Å². The van der Waals surface area contributed by atoms with Crippen LogP contribution in [-0.4, -0.2) is 11.1 Å². The number of benzene rings is 2. The lowest BCUT2D eigenvalue weighted by molar-refractivity contribution is -0.136. The quantitative estimate of drug-likeness (QED) is 0.779. The number of carbonyl (C=O) groups is 1. The Morgan fingerprint density at radius 2 is 2.14 bits per heavy atom. The van der Waals surface area contributed by atoms with Crippen molar-refractivity contribution in [1.29, 1.82) is 0 Å². The molecule has 2 nitrogen and oxygen atoms in total. The van der Waals surface area contributed by atoms with Crippen molar-refractivity contribution in [3.8, 4) is 0 Å². The molecule has 14 heavy (non-hydrogen) atoms. The van der Waals surface area contributed by atoms with Crippen molar-refractivity contribution in [2.45, 2.75) is 6.42 Å². The normalized spacial score (nSPS) is 10.3. The molecule has 0 aliphatic heterocycles. The van der Waals surface area contributed by atoms with Gasteiger partial charge in [0.15, 0.2) is 0 Å². The molecule has 0 bridgehead atoms. The number of fused-ring (bicyclic) bond motifs is 1. The molecule has 2 rings (SSSR count). The van der Waals surface area contributed by atoms with Crippen LogP contribution in [-0.2, 0) is 11.2 Å². The van der Waals surface area contributed by atoms with E-state index in [1.54, 1.807) is 0 Å². The molecule has 1 radical (unpaired) electrons. The summed E-state index contributed by atoms with van der Waals surface area (Å²) < 4.78 is 0. The molecule has 0 heterocycles. The molecule has 0 saturated heterocycles. The Balaban J connectivity index is 2.59. The van der Waals surface area contributed by atoms with Crippen LogP contribution in [0.3, 0.4) is 0 Å². The average molecular weight is 185 g/mol. The number of aliphatic carboxylic acids is 1. The van der Waals surface area contributed by atoms with Crippen molar-refractivity contribution in [2.24, 2.45) is 0 Å². The maximum atomic E-state index is 10.6. The fourth-order valence-electron chi connectivity index (χ4n) is 1.54. The van der Waals surface area contributed by atoms with E-state index < -0.39 is 5.97 Å². The third kappa shape index (κ3) is 1.59. The van der Waals surface area contributed by atoms with E-state index in [-0.39, 0.29) is 6.42 Å². The maximum Gasteiger partial charge on any atom is 0.307 e. The summed E-state index contributed by atoms with van der Waals surface area (Å²) in [5.41, 5.74) is 0.840. The van der Waals surface area contributed by atoms with Crippen LogP contribution in [0.2, 0.25) is 0 Å². The van der Waals surface area contributed by atoms with Gasteiger partial charge in [0.2, 0.25) is 0 Å². The monoisotopic (exact) mass is 185 g/mol. The Morgan fingerprint density at radius 3 is 2.93 bits per heavy atom. The molecule has 0 atom stereocenters. The number of rotatable bonds is 2. The SMILES string of the molecule is O=C(O)Cc1cccc2[c]cccc12. The van der Waals surface area contributed by atoms with Crippen molar-refractivity contribution in [3.63, 3.8) is 0 Å². The van der Waals surface area contributed by atoms with Crippen LogP contribution >= 0.6 is 0 Å². The molecule has 2 aromatic carbocycles. The first kappa shape index (κ1) is 8.75. The zero-order valence-electron chi connectivity index (χ0n) is 7.53. The van der Waals surface area contributed by atoms with E-state index in [4.69, 9.17) is 5.11 Å². The predicted molar refractivity (Wildman–Crippen MR) is 54.1 cm³/mol. The van der Waals surface area contributed by atoms with Gasteiger partial charge >= 0.3 is 5.97 Å². The molecular weight excluding hydrogens is 176 g/mol. The van der Waals surface area contributed by atoms with Gasteiger partial charge in [-0.15, -0.1) is 0 Å². The first-order valence-electron chi connectivity index (χ1n) is 4.37. The minimum absolute atomic E-state index is 0.0647. The largest absolute Gasteiger partial charge is 0.481 e. The van der Waals surface area contributed by atoms with Crippen LogP contribution in [0, 0.1) is 6.07 Å². The summed E-state index contributed by atoms with van der Waals surface area (Å²) >= 11 is 0. The molecule has 0 aromatic heterocycles. The van der Waals surface area contributed by atoms with Crippen LogP contribution in [0.1, 0.15) is 5.56 Å². The van der Waals surface area contributed by atoms with Gasteiger partial charge < -0.3 is 5.11 Å². The summed E-state index contributed by atoms with van der Waals surface area (Å²) in [4.78, 5) is 10.6. The molecule has 0 unspecified atom stereocenters. The Labute approximate surface area is 81.8 Å².